The smallest absolute Gasteiger partial charge is 0.252 e. The monoisotopic (exact) mass is 250 g/mol. The van der Waals surface area contributed by atoms with Crippen LogP contribution < -0.4 is 10.5 Å². The summed E-state index contributed by atoms with van der Waals surface area (Å²) in [6, 6.07) is 1.45. The molecule has 0 unspecified atom stereocenters. The van der Waals surface area contributed by atoms with Crippen molar-refractivity contribution in [3.63, 3.8) is 0 Å². The average Bonchev–Trinajstić information content (AvgIpc) is 2.31. The Morgan fingerprint density at radius 2 is 2.06 bits per heavy atom. The molecule has 0 saturated carbocycles. The van der Waals surface area contributed by atoms with Gasteiger partial charge in [0.05, 0.1) is 6.54 Å². The standard InChI is InChI=1S/C12H18N4O2/c1-8(2)12-13-9(6-10(17)14-12)16-5-4-15(3)11(18)7-16/h6,8H,4-5,7H2,1-3H3,(H,13,14,17). The van der Waals surface area contributed by atoms with Crippen LogP contribution in [0.3, 0.4) is 0 Å². The van der Waals surface area contributed by atoms with E-state index in [-0.39, 0.29) is 23.9 Å². The van der Waals surface area contributed by atoms with Crippen LogP contribution in [0.1, 0.15) is 25.6 Å². The zero-order valence-corrected chi connectivity index (χ0v) is 10.9. The highest BCUT2D eigenvalue weighted by Gasteiger charge is 2.22. The van der Waals surface area contributed by atoms with E-state index in [2.05, 4.69) is 9.97 Å². The van der Waals surface area contributed by atoms with E-state index in [4.69, 9.17) is 0 Å². The molecule has 98 valence electrons. The number of hydrogen-bond acceptors (Lipinski definition) is 4. The van der Waals surface area contributed by atoms with Crippen molar-refractivity contribution in [1.29, 1.82) is 0 Å². The number of anilines is 1. The Kier molecular flexibility index (Phi) is 3.36. The number of amides is 1. The molecule has 1 N–H and O–H groups in total. The van der Waals surface area contributed by atoms with Gasteiger partial charge < -0.3 is 14.8 Å². The fourth-order valence-electron chi connectivity index (χ4n) is 1.85. The molecule has 2 rings (SSSR count). The van der Waals surface area contributed by atoms with Crippen LogP contribution in [0, 0.1) is 0 Å². The molecule has 0 spiro atoms. The summed E-state index contributed by atoms with van der Waals surface area (Å²) in [7, 11) is 1.78. The maximum Gasteiger partial charge on any atom is 0.252 e. The third-order valence-corrected chi connectivity index (χ3v) is 3.07. The molecule has 0 aromatic carbocycles. The second-order valence-electron chi connectivity index (χ2n) is 4.88. The van der Waals surface area contributed by atoms with Gasteiger partial charge in [-0.25, -0.2) is 4.98 Å². The number of aromatic nitrogens is 2. The lowest BCUT2D eigenvalue weighted by atomic mass is 10.2. The number of carbonyl (C=O) groups is 1. The number of aromatic amines is 1. The highest BCUT2D eigenvalue weighted by atomic mass is 16.2. The van der Waals surface area contributed by atoms with Crippen molar-refractivity contribution in [1.82, 2.24) is 14.9 Å². The zero-order valence-electron chi connectivity index (χ0n) is 10.9. The van der Waals surface area contributed by atoms with Gasteiger partial charge >= 0.3 is 0 Å². The summed E-state index contributed by atoms with van der Waals surface area (Å²) in [4.78, 5) is 33.9. The molecule has 0 radical (unpaired) electrons. The topological polar surface area (TPSA) is 69.3 Å². The van der Waals surface area contributed by atoms with Crippen molar-refractivity contribution in [3.05, 3.63) is 22.2 Å². The van der Waals surface area contributed by atoms with Gasteiger partial charge in [0.25, 0.3) is 5.56 Å². The van der Waals surface area contributed by atoms with E-state index in [1.54, 1.807) is 11.9 Å². The van der Waals surface area contributed by atoms with E-state index >= 15 is 0 Å². The Labute approximate surface area is 106 Å². The van der Waals surface area contributed by atoms with Crippen LogP contribution in [0.2, 0.25) is 0 Å². The summed E-state index contributed by atoms with van der Waals surface area (Å²) < 4.78 is 0. The molecule has 1 saturated heterocycles. The molecule has 1 aliphatic rings. The van der Waals surface area contributed by atoms with Crippen molar-refractivity contribution in [2.24, 2.45) is 0 Å². The predicted octanol–water partition coefficient (Wildman–Crippen LogP) is 0.172. The summed E-state index contributed by atoms with van der Waals surface area (Å²) in [6.07, 6.45) is 0. The molecule has 6 heteroatoms. The van der Waals surface area contributed by atoms with Crippen LogP contribution in [0.15, 0.2) is 10.9 Å². The maximum absolute atomic E-state index is 11.7. The van der Waals surface area contributed by atoms with Gasteiger partial charge in [0, 0.05) is 32.1 Å². The molecule has 0 atom stereocenters. The first-order chi connectivity index (χ1) is 8.47. The summed E-state index contributed by atoms with van der Waals surface area (Å²) in [5.41, 5.74) is -0.171. The van der Waals surface area contributed by atoms with E-state index in [1.165, 1.54) is 6.07 Å². The molecule has 1 aliphatic heterocycles. The Bertz CT molecular complexity index is 509. The number of nitrogens with one attached hydrogen (secondary N) is 1. The summed E-state index contributed by atoms with van der Waals surface area (Å²) in [6.45, 7) is 5.58. The minimum atomic E-state index is -0.171. The molecule has 2 heterocycles. The van der Waals surface area contributed by atoms with Gasteiger partial charge in [-0.1, -0.05) is 13.8 Å². The first kappa shape index (κ1) is 12.6. The molecular weight excluding hydrogens is 232 g/mol. The summed E-state index contributed by atoms with van der Waals surface area (Å²) in [5, 5.41) is 0. The molecule has 0 bridgehead atoms. The Hall–Kier alpha value is -1.85. The number of hydrogen-bond donors (Lipinski definition) is 1. The molecule has 1 amide bonds. The van der Waals surface area contributed by atoms with Crippen LogP contribution >= 0.6 is 0 Å². The van der Waals surface area contributed by atoms with Crippen molar-refractivity contribution >= 4 is 11.7 Å². The second-order valence-corrected chi connectivity index (χ2v) is 4.88. The number of likely N-dealkylation sites (N-methyl/N-ethyl adjacent to an activating group) is 1. The zero-order chi connectivity index (χ0) is 13.3. The molecule has 1 aromatic heterocycles. The summed E-state index contributed by atoms with van der Waals surface area (Å²) >= 11 is 0. The lowest BCUT2D eigenvalue weighted by Gasteiger charge is -2.32. The minimum Gasteiger partial charge on any atom is -0.345 e. The van der Waals surface area contributed by atoms with E-state index in [0.717, 1.165) is 0 Å². The Morgan fingerprint density at radius 3 is 2.67 bits per heavy atom. The van der Waals surface area contributed by atoms with Gasteiger partial charge in [-0.3, -0.25) is 9.59 Å². The quantitative estimate of drug-likeness (QED) is 0.812. The maximum atomic E-state index is 11.7. The van der Waals surface area contributed by atoms with Gasteiger partial charge in [-0.15, -0.1) is 0 Å². The number of rotatable bonds is 2. The number of nitrogens with zero attached hydrogens (tertiary/aromatic N) is 3. The van der Waals surface area contributed by atoms with Crippen molar-refractivity contribution < 1.29 is 4.79 Å². The van der Waals surface area contributed by atoms with Gasteiger partial charge in [-0.05, 0) is 0 Å². The molecule has 18 heavy (non-hydrogen) atoms. The highest BCUT2D eigenvalue weighted by molar-refractivity contribution is 5.82. The molecule has 1 fully saturated rings. The second kappa shape index (κ2) is 4.80. The fourth-order valence-corrected chi connectivity index (χ4v) is 1.85. The molecule has 1 aromatic rings. The SMILES string of the molecule is CC(C)c1nc(N2CCN(C)C(=O)C2)cc(=O)[nH]1. The van der Waals surface area contributed by atoms with Crippen LogP contribution in [-0.2, 0) is 4.79 Å². The normalized spacial score (nSPS) is 16.6. The van der Waals surface area contributed by atoms with Gasteiger partial charge in [0.15, 0.2) is 0 Å². The lowest BCUT2D eigenvalue weighted by molar-refractivity contribution is -0.129. The Balaban J connectivity index is 2.28. The first-order valence-corrected chi connectivity index (χ1v) is 6.07. The van der Waals surface area contributed by atoms with Gasteiger partial charge in [0.2, 0.25) is 5.91 Å². The summed E-state index contributed by atoms with van der Waals surface area (Å²) in [5.74, 6) is 1.45. The Morgan fingerprint density at radius 1 is 1.33 bits per heavy atom. The van der Waals surface area contributed by atoms with Crippen molar-refractivity contribution in [3.8, 4) is 0 Å². The molecule has 6 nitrogen and oxygen atoms in total. The third kappa shape index (κ3) is 2.52. The van der Waals surface area contributed by atoms with E-state index in [0.29, 0.717) is 24.7 Å². The predicted molar refractivity (Wildman–Crippen MR) is 68.8 cm³/mol. The fraction of sp³-hybridized carbons (Fsp3) is 0.583. The average molecular weight is 250 g/mol. The van der Waals surface area contributed by atoms with Gasteiger partial charge in [-0.2, -0.15) is 0 Å². The number of carbonyl (C=O) groups excluding carboxylic acids is 1. The van der Waals surface area contributed by atoms with Crippen LogP contribution in [-0.4, -0.2) is 47.5 Å². The van der Waals surface area contributed by atoms with E-state index in [1.807, 2.05) is 18.7 Å². The first-order valence-electron chi connectivity index (χ1n) is 6.07. The largest absolute Gasteiger partial charge is 0.345 e. The van der Waals surface area contributed by atoms with E-state index < -0.39 is 0 Å². The van der Waals surface area contributed by atoms with Crippen molar-refractivity contribution in [2.75, 3.05) is 31.6 Å². The third-order valence-electron chi connectivity index (χ3n) is 3.07. The molecule has 0 aliphatic carbocycles. The van der Waals surface area contributed by atoms with Crippen LogP contribution in [0.25, 0.3) is 0 Å². The molecular formula is C12H18N4O2. The lowest BCUT2D eigenvalue weighted by Crippen LogP contribution is -2.49. The highest BCUT2D eigenvalue weighted by Crippen LogP contribution is 2.14. The van der Waals surface area contributed by atoms with Gasteiger partial charge in [0.1, 0.15) is 11.6 Å². The van der Waals surface area contributed by atoms with E-state index in [9.17, 15) is 9.59 Å². The van der Waals surface area contributed by atoms with Crippen LogP contribution in [0.5, 0.6) is 0 Å². The minimum absolute atomic E-state index is 0.0504. The van der Waals surface area contributed by atoms with Crippen LogP contribution in [0.4, 0.5) is 5.82 Å². The number of H-pyrrole nitrogens is 1. The number of piperazine rings is 1. The van der Waals surface area contributed by atoms with Crippen molar-refractivity contribution in [2.45, 2.75) is 19.8 Å².